The summed E-state index contributed by atoms with van der Waals surface area (Å²) in [7, 11) is 0. The smallest absolute Gasteiger partial charge is 0.335 e. The van der Waals surface area contributed by atoms with Crippen molar-refractivity contribution in [1.29, 1.82) is 0 Å². The van der Waals surface area contributed by atoms with Crippen molar-refractivity contribution < 1.29 is 28.7 Å². The fraction of sp³-hybridized carbons (Fsp3) is 0.185. The van der Waals surface area contributed by atoms with E-state index in [1.807, 2.05) is 12.1 Å². The first kappa shape index (κ1) is 24.5. The quantitative estimate of drug-likeness (QED) is 0.516. The average Bonchev–Trinajstić information content (AvgIpc) is 3.39. The van der Waals surface area contributed by atoms with Crippen LogP contribution in [0.4, 0.5) is 10.1 Å². The second-order valence-electron chi connectivity index (χ2n) is 8.69. The highest BCUT2D eigenvalue weighted by Gasteiger charge is 2.41. The number of anilines is 1. The fourth-order valence-corrected chi connectivity index (χ4v) is 4.75. The molecule has 5 rings (SSSR count). The van der Waals surface area contributed by atoms with E-state index in [-0.39, 0.29) is 34.8 Å². The molecule has 8 nitrogen and oxygen atoms in total. The number of carboxylic acids is 1. The predicted molar refractivity (Wildman–Crippen MR) is 134 cm³/mol. The molecule has 0 unspecified atom stereocenters. The van der Waals surface area contributed by atoms with E-state index in [9.17, 15) is 18.8 Å². The molecule has 2 atom stereocenters. The largest absolute Gasteiger partial charge is 0.478 e. The highest BCUT2D eigenvalue weighted by Crippen LogP contribution is 2.33. The van der Waals surface area contributed by atoms with Crippen molar-refractivity contribution in [3.05, 3.63) is 99.8 Å². The molecule has 0 aliphatic carbocycles. The summed E-state index contributed by atoms with van der Waals surface area (Å²) >= 11 is 5.89. The molecule has 2 aliphatic heterocycles. The first-order valence-corrected chi connectivity index (χ1v) is 11.9. The van der Waals surface area contributed by atoms with Crippen molar-refractivity contribution in [1.82, 2.24) is 4.90 Å². The lowest BCUT2D eigenvalue weighted by Gasteiger charge is -2.37. The molecule has 3 aromatic rings. The monoisotopic (exact) mass is 521 g/mol. The van der Waals surface area contributed by atoms with Crippen LogP contribution in [0.3, 0.4) is 0 Å². The fourth-order valence-electron chi connectivity index (χ4n) is 4.57. The maximum atomic E-state index is 14.5. The number of amides is 2. The van der Waals surface area contributed by atoms with Crippen LogP contribution in [-0.4, -0.2) is 46.2 Å². The van der Waals surface area contributed by atoms with Gasteiger partial charge in [-0.2, -0.15) is 0 Å². The second-order valence-corrected chi connectivity index (χ2v) is 9.10. The van der Waals surface area contributed by atoms with Crippen molar-refractivity contribution >= 4 is 40.8 Å². The van der Waals surface area contributed by atoms with Crippen LogP contribution in [0, 0.1) is 5.82 Å². The number of carboxylic acid groups (broad SMARTS) is 1. The lowest BCUT2D eigenvalue weighted by Crippen LogP contribution is -2.49. The molecular formula is C27H21ClFN3O5. The summed E-state index contributed by atoms with van der Waals surface area (Å²) in [5.74, 6) is -2.62. The number of oxime groups is 1. The van der Waals surface area contributed by atoms with Crippen molar-refractivity contribution in [3.8, 4) is 0 Å². The predicted octanol–water partition coefficient (Wildman–Crippen LogP) is 4.44. The Labute approximate surface area is 216 Å². The van der Waals surface area contributed by atoms with Crippen molar-refractivity contribution in [2.45, 2.75) is 25.0 Å². The highest BCUT2D eigenvalue weighted by molar-refractivity contribution is 6.31. The van der Waals surface area contributed by atoms with E-state index >= 15 is 0 Å². The zero-order valence-electron chi connectivity index (χ0n) is 19.4. The molecule has 0 fully saturated rings. The molecule has 0 saturated heterocycles. The van der Waals surface area contributed by atoms with Crippen LogP contribution in [0.2, 0.25) is 5.02 Å². The molecule has 2 N–H and O–H groups in total. The van der Waals surface area contributed by atoms with Crippen LogP contribution in [0.15, 0.2) is 71.9 Å². The van der Waals surface area contributed by atoms with E-state index in [1.165, 1.54) is 41.3 Å². The molecule has 0 spiro atoms. The van der Waals surface area contributed by atoms with Gasteiger partial charge in [0.1, 0.15) is 6.04 Å². The van der Waals surface area contributed by atoms with Crippen LogP contribution >= 0.6 is 11.6 Å². The van der Waals surface area contributed by atoms with Gasteiger partial charge in [0.15, 0.2) is 5.82 Å². The third-order valence-electron chi connectivity index (χ3n) is 6.42. The van der Waals surface area contributed by atoms with Crippen LogP contribution in [0.25, 0.3) is 0 Å². The molecule has 0 aromatic heterocycles. The maximum absolute atomic E-state index is 14.5. The summed E-state index contributed by atoms with van der Waals surface area (Å²) in [4.78, 5) is 45.1. The number of nitrogens with one attached hydrogen (secondary N) is 1. The molecule has 2 amide bonds. The number of benzene rings is 3. The molecular weight excluding hydrogens is 501 g/mol. The summed E-state index contributed by atoms with van der Waals surface area (Å²) in [6, 6.07) is 16.7. The van der Waals surface area contributed by atoms with Gasteiger partial charge >= 0.3 is 5.97 Å². The first-order valence-electron chi connectivity index (χ1n) is 11.5. The standard InChI is InChI=1S/C27H21ClFN3O5/c28-20-7-3-6-19(23(20)29)21-14-22(37-31-21)26(34)32-13-12-15-4-1-2-5-18(15)24(32)25(33)30-17-10-8-16(9-11-17)27(35)36/h1-11,22,24H,12-14H2,(H,30,33)(H,35,36)/t22-,24-/m1/s1. The summed E-state index contributed by atoms with van der Waals surface area (Å²) in [6.07, 6.45) is -0.453. The van der Waals surface area contributed by atoms with Gasteiger partial charge in [0.2, 0.25) is 6.10 Å². The number of rotatable bonds is 5. The Kier molecular flexibility index (Phi) is 6.62. The number of carbonyl (C=O) groups is 3. The summed E-state index contributed by atoms with van der Waals surface area (Å²) in [5, 5.41) is 15.8. The van der Waals surface area contributed by atoms with Gasteiger partial charge in [0.05, 0.1) is 16.3 Å². The van der Waals surface area contributed by atoms with Gasteiger partial charge in [-0.05, 0) is 53.9 Å². The number of aromatic carboxylic acids is 1. The molecule has 188 valence electrons. The van der Waals surface area contributed by atoms with E-state index < -0.39 is 35.7 Å². The van der Waals surface area contributed by atoms with Crippen molar-refractivity contribution in [2.24, 2.45) is 5.16 Å². The van der Waals surface area contributed by atoms with Gasteiger partial charge in [-0.15, -0.1) is 0 Å². The zero-order chi connectivity index (χ0) is 26.1. The van der Waals surface area contributed by atoms with Crippen LogP contribution in [-0.2, 0) is 20.8 Å². The lowest BCUT2D eigenvalue weighted by molar-refractivity contribution is -0.148. The van der Waals surface area contributed by atoms with Crippen LogP contribution < -0.4 is 5.32 Å². The summed E-state index contributed by atoms with van der Waals surface area (Å²) in [6.45, 7) is 0.270. The van der Waals surface area contributed by atoms with Crippen molar-refractivity contribution in [3.63, 3.8) is 0 Å². The Bertz CT molecular complexity index is 1430. The van der Waals surface area contributed by atoms with Gasteiger partial charge in [0.25, 0.3) is 11.8 Å². The minimum atomic E-state index is -1.08. The topological polar surface area (TPSA) is 108 Å². The number of halogens is 2. The Morgan fingerprint density at radius 1 is 1.05 bits per heavy atom. The summed E-state index contributed by atoms with van der Waals surface area (Å²) in [5.41, 5.74) is 2.52. The minimum Gasteiger partial charge on any atom is -0.478 e. The number of carbonyl (C=O) groups excluding carboxylic acids is 2. The molecule has 0 saturated carbocycles. The molecule has 2 aliphatic rings. The third kappa shape index (κ3) is 4.77. The Morgan fingerprint density at radius 3 is 2.57 bits per heavy atom. The van der Waals surface area contributed by atoms with E-state index in [0.29, 0.717) is 17.7 Å². The van der Waals surface area contributed by atoms with Gasteiger partial charge < -0.3 is 20.2 Å². The van der Waals surface area contributed by atoms with E-state index in [4.69, 9.17) is 21.5 Å². The number of hydrogen-bond donors (Lipinski definition) is 2. The number of hydrogen-bond acceptors (Lipinski definition) is 5. The number of fused-ring (bicyclic) bond motifs is 1. The second kappa shape index (κ2) is 10.0. The Morgan fingerprint density at radius 2 is 1.81 bits per heavy atom. The lowest BCUT2D eigenvalue weighted by atomic mass is 9.91. The SMILES string of the molecule is O=C(O)c1ccc(NC(=O)[C@H]2c3ccccc3CCN2C(=O)[C@H]2CC(c3cccc(Cl)c3F)=NO2)cc1. The number of nitrogens with zero attached hydrogens (tertiary/aromatic N) is 2. The van der Waals surface area contributed by atoms with Gasteiger partial charge in [-0.25, -0.2) is 9.18 Å². The third-order valence-corrected chi connectivity index (χ3v) is 6.71. The van der Waals surface area contributed by atoms with Gasteiger partial charge in [-0.1, -0.05) is 47.1 Å². The van der Waals surface area contributed by atoms with E-state index in [1.54, 1.807) is 18.2 Å². The molecule has 0 radical (unpaired) electrons. The molecule has 37 heavy (non-hydrogen) atoms. The maximum Gasteiger partial charge on any atom is 0.335 e. The molecule has 10 heteroatoms. The van der Waals surface area contributed by atoms with E-state index in [0.717, 1.165) is 5.56 Å². The Hall–Kier alpha value is -4.24. The highest BCUT2D eigenvalue weighted by atomic mass is 35.5. The zero-order valence-corrected chi connectivity index (χ0v) is 20.1. The Balaban J connectivity index is 1.38. The molecule has 2 heterocycles. The first-order chi connectivity index (χ1) is 17.8. The minimum absolute atomic E-state index is 0.0270. The van der Waals surface area contributed by atoms with Crippen LogP contribution in [0.5, 0.6) is 0 Å². The molecule has 0 bridgehead atoms. The van der Waals surface area contributed by atoms with Gasteiger partial charge in [-0.3, -0.25) is 9.59 Å². The summed E-state index contributed by atoms with van der Waals surface area (Å²) < 4.78 is 14.5. The van der Waals surface area contributed by atoms with Crippen molar-refractivity contribution in [2.75, 3.05) is 11.9 Å². The van der Waals surface area contributed by atoms with Crippen LogP contribution in [0.1, 0.15) is 39.5 Å². The average molecular weight is 522 g/mol. The van der Waals surface area contributed by atoms with Gasteiger partial charge in [0, 0.05) is 24.2 Å². The van der Waals surface area contributed by atoms with E-state index in [2.05, 4.69) is 10.5 Å². The molecule has 3 aromatic carbocycles. The normalized spacial score (nSPS) is 18.4.